The van der Waals surface area contributed by atoms with E-state index in [4.69, 9.17) is 4.74 Å². The van der Waals surface area contributed by atoms with Crippen LogP contribution in [0.4, 0.5) is 5.69 Å². The average Bonchev–Trinajstić information content (AvgIpc) is 3.38. The number of amides is 2. The molecule has 3 aliphatic rings. The quantitative estimate of drug-likeness (QED) is 0.315. The number of carbonyl (C=O) groups excluding carboxylic acids is 3. The highest BCUT2D eigenvalue weighted by Gasteiger charge is 2.59. The molecule has 0 spiro atoms. The van der Waals surface area contributed by atoms with Crippen molar-refractivity contribution in [1.29, 1.82) is 0 Å². The number of esters is 1. The number of fused-ring (bicyclic) bond motifs is 5. The van der Waals surface area contributed by atoms with E-state index < -0.39 is 5.97 Å². The monoisotopic (exact) mass is 437 g/mol. The number of imide groups is 1. The molecule has 0 unspecified atom stereocenters. The van der Waals surface area contributed by atoms with E-state index in [1.165, 1.54) is 4.90 Å². The van der Waals surface area contributed by atoms with E-state index in [1.807, 2.05) is 0 Å². The van der Waals surface area contributed by atoms with Gasteiger partial charge in [0.25, 0.3) is 0 Å². The highest BCUT2D eigenvalue weighted by Crippen LogP contribution is 2.53. The van der Waals surface area contributed by atoms with Gasteiger partial charge >= 0.3 is 5.97 Å². The van der Waals surface area contributed by atoms with Crippen LogP contribution in [-0.4, -0.2) is 17.8 Å². The number of nitrogens with zero attached hydrogens (tertiary/aromatic N) is 1. The number of benzene rings is 2. The first-order chi connectivity index (χ1) is 13.5. The van der Waals surface area contributed by atoms with E-state index in [-0.39, 0.29) is 35.5 Å². The lowest BCUT2D eigenvalue weighted by Gasteiger charge is -2.17. The minimum Gasteiger partial charge on any atom is -0.423 e. The van der Waals surface area contributed by atoms with Crippen LogP contribution in [0.1, 0.15) is 16.8 Å². The number of halogens is 1. The lowest BCUT2D eigenvalue weighted by molar-refractivity contribution is -0.123. The predicted octanol–water partition coefficient (Wildman–Crippen LogP) is 3.98. The molecule has 2 fully saturated rings. The van der Waals surface area contributed by atoms with Gasteiger partial charge in [-0.25, -0.2) is 4.79 Å². The van der Waals surface area contributed by atoms with Crippen LogP contribution in [0.5, 0.6) is 5.75 Å². The van der Waals surface area contributed by atoms with Crippen molar-refractivity contribution in [3.63, 3.8) is 0 Å². The Kier molecular flexibility index (Phi) is 3.98. The highest BCUT2D eigenvalue weighted by molar-refractivity contribution is 9.10. The third kappa shape index (κ3) is 2.63. The molecule has 5 nitrogen and oxygen atoms in total. The number of hydrogen-bond donors (Lipinski definition) is 0. The molecule has 1 saturated carbocycles. The molecule has 6 heteroatoms. The molecule has 0 radical (unpaired) electrons. The zero-order chi connectivity index (χ0) is 19.4. The molecule has 4 atom stereocenters. The Morgan fingerprint density at radius 3 is 2.04 bits per heavy atom. The fourth-order valence-electron chi connectivity index (χ4n) is 4.57. The van der Waals surface area contributed by atoms with Crippen LogP contribution >= 0.6 is 15.9 Å². The van der Waals surface area contributed by atoms with Gasteiger partial charge in [0.05, 0.1) is 23.1 Å². The molecule has 2 aromatic carbocycles. The predicted molar refractivity (Wildman–Crippen MR) is 106 cm³/mol. The van der Waals surface area contributed by atoms with E-state index in [2.05, 4.69) is 28.1 Å². The minimum absolute atomic E-state index is 0.128. The van der Waals surface area contributed by atoms with Gasteiger partial charge in [-0.15, -0.1) is 0 Å². The summed E-state index contributed by atoms with van der Waals surface area (Å²) in [5.41, 5.74) is 0.858. The summed E-state index contributed by atoms with van der Waals surface area (Å²) in [4.78, 5) is 39.3. The van der Waals surface area contributed by atoms with Gasteiger partial charge in [0.1, 0.15) is 5.75 Å². The van der Waals surface area contributed by atoms with Gasteiger partial charge in [-0.2, -0.15) is 0 Å². The van der Waals surface area contributed by atoms with Crippen LogP contribution in [-0.2, 0) is 9.59 Å². The summed E-state index contributed by atoms with van der Waals surface area (Å²) in [6, 6.07) is 13.4. The summed E-state index contributed by atoms with van der Waals surface area (Å²) in [6.45, 7) is 0. The highest BCUT2D eigenvalue weighted by atomic mass is 79.9. The molecule has 2 amide bonds. The molecule has 0 N–H and O–H groups in total. The Hall–Kier alpha value is -2.73. The average molecular weight is 438 g/mol. The van der Waals surface area contributed by atoms with E-state index in [1.54, 1.807) is 48.5 Å². The van der Waals surface area contributed by atoms with Gasteiger partial charge in [-0.1, -0.05) is 28.1 Å². The molecule has 1 saturated heterocycles. The number of hydrogen-bond acceptors (Lipinski definition) is 4. The first kappa shape index (κ1) is 17.4. The van der Waals surface area contributed by atoms with E-state index in [9.17, 15) is 14.4 Å². The Morgan fingerprint density at radius 2 is 1.46 bits per heavy atom. The van der Waals surface area contributed by atoms with E-state index >= 15 is 0 Å². The molecule has 5 rings (SSSR count). The van der Waals surface area contributed by atoms with Crippen molar-refractivity contribution in [2.24, 2.45) is 23.7 Å². The van der Waals surface area contributed by atoms with Crippen LogP contribution in [0.3, 0.4) is 0 Å². The minimum atomic E-state index is -0.493. The zero-order valence-electron chi connectivity index (χ0n) is 14.7. The lowest BCUT2D eigenvalue weighted by atomic mass is 9.85. The summed E-state index contributed by atoms with van der Waals surface area (Å²) < 4.78 is 6.24. The zero-order valence-corrected chi connectivity index (χ0v) is 16.3. The van der Waals surface area contributed by atoms with Crippen LogP contribution in [0.2, 0.25) is 0 Å². The van der Waals surface area contributed by atoms with Crippen molar-refractivity contribution in [2.45, 2.75) is 6.42 Å². The Morgan fingerprint density at radius 1 is 0.893 bits per heavy atom. The van der Waals surface area contributed by atoms with Crippen molar-refractivity contribution >= 4 is 39.4 Å². The SMILES string of the molecule is O=C(Oc1ccc(Br)cc1)c1ccc(N2C(=O)[C@H]3[C@H](C2=O)[C@H]2C=C[C@H]3C2)cc1. The molecule has 2 bridgehead atoms. The number of carbonyl (C=O) groups is 3. The van der Waals surface area contributed by atoms with Crippen LogP contribution in [0.15, 0.2) is 65.2 Å². The van der Waals surface area contributed by atoms with Gasteiger partial charge < -0.3 is 4.74 Å². The first-order valence-electron chi connectivity index (χ1n) is 9.17. The Bertz CT molecular complexity index is 982. The molecule has 28 heavy (non-hydrogen) atoms. The van der Waals surface area contributed by atoms with Gasteiger partial charge in [-0.3, -0.25) is 14.5 Å². The maximum absolute atomic E-state index is 12.9. The van der Waals surface area contributed by atoms with E-state index in [0.29, 0.717) is 17.0 Å². The molecule has 1 aliphatic heterocycles. The largest absolute Gasteiger partial charge is 0.423 e. The van der Waals surface area contributed by atoms with Crippen LogP contribution in [0, 0.1) is 23.7 Å². The third-order valence-corrected chi connectivity index (χ3v) is 6.38. The lowest BCUT2D eigenvalue weighted by Crippen LogP contribution is -2.32. The number of allylic oxidation sites excluding steroid dienone is 2. The van der Waals surface area contributed by atoms with Crippen molar-refractivity contribution < 1.29 is 19.1 Å². The number of rotatable bonds is 3. The smallest absolute Gasteiger partial charge is 0.343 e. The van der Waals surface area contributed by atoms with Gasteiger partial charge in [-0.05, 0) is 66.8 Å². The second-order valence-electron chi connectivity index (χ2n) is 7.40. The third-order valence-electron chi connectivity index (χ3n) is 5.86. The van der Waals surface area contributed by atoms with Crippen molar-refractivity contribution in [3.8, 4) is 5.75 Å². The van der Waals surface area contributed by atoms with Gasteiger partial charge in [0, 0.05) is 4.47 Å². The molecule has 1 heterocycles. The van der Waals surface area contributed by atoms with E-state index in [0.717, 1.165) is 10.9 Å². The Labute approximate surface area is 170 Å². The fourth-order valence-corrected chi connectivity index (χ4v) is 4.84. The Balaban J connectivity index is 1.34. The summed E-state index contributed by atoms with van der Waals surface area (Å²) in [7, 11) is 0. The van der Waals surface area contributed by atoms with Gasteiger partial charge in [0.2, 0.25) is 11.8 Å². The summed E-state index contributed by atoms with van der Waals surface area (Å²) in [6.07, 6.45) is 5.05. The summed E-state index contributed by atoms with van der Waals surface area (Å²) in [5.74, 6) is -0.415. The van der Waals surface area contributed by atoms with Gasteiger partial charge in [0.15, 0.2) is 0 Å². The summed E-state index contributed by atoms with van der Waals surface area (Å²) >= 11 is 3.33. The maximum Gasteiger partial charge on any atom is 0.343 e. The van der Waals surface area contributed by atoms with Crippen LogP contribution in [0.25, 0.3) is 0 Å². The first-order valence-corrected chi connectivity index (χ1v) is 9.96. The molecule has 140 valence electrons. The normalized spacial score (nSPS) is 27.4. The summed E-state index contributed by atoms with van der Waals surface area (Å²) in [5, 5.41) is 0. The topological polar surface area (TPSA) is 63.7 Å². The van der Waals surface area contributed by atoms with Crippen LogP contribution < -0.4 is 9.64 Å². The standard InChI is InChI=1S/C22H16BrNO4/c23-15-5-9-17(10-6-15)28-22(27)12-3-7-16(8-4-12)24-20(25)18-13-1-2-14(11-13)19(18)21(24)26/h1-10,13-14,18-19H,11H2/t13-,14-,18+,19+/m0/s1. The molecule has 2 aliphatic carbocycles. The molecular weight excluding hydrogens is 422 g/mol. The molecule has 2 aromatic rings. The maximum atomic E-state index is 12.9. The number of ether oxygens (including phenoxy) is 1. The fraction of sp³-hybridized carbons (Fsp3) is 0.227. The van der Waals surface area contributed by atoms with Crippen molar-refractivity contribution in [1.82, 2.24) is 0 Å². The second kappa shape index (κ2) is 6.41. The van der Waals surface area contributed by atoms with Crippen molar-refractivity contribution in [3.05, 3.63) is 70.7 Å². The second-order valence-corrected chi connectivity index (χ2v) is 8.32. The molecular formula is C22H16BrNO4. The number of anilines is 1. The molecule has 0 aromatic heterocycles. The van der Waals surface area contributed by atoms with Crippen molar-refractivity contribution in [2.75, 3.05) is 4.90 Å².